The molecular weight excluding hydrogens is 266 g/mol. The van der Waals surface area contributed by atoms with Gasteiger partial charge in [0.2, 0.25) is 5.89 Å². The molecule has 0 spiro atoms. The molecule has 2 aliphatic rings. The Morgan fingerprint density at radius 3 is 2.90 bits per heavy atom. The van der Waals surface area contributed by atoms with Crippen LogP contribution in [0.3, 0.4) is 0 Å². The second-order valence-corrected chi connectivity index (χ2v) is 6.24. The zero-order valence-corrected chi connectivity index (χ0v) is 12.4. The number of fused-ring (bicyclic) bond motifs is 1. The van der Waals surface area contributed by atoms with Crippen LogP contribution < -0.4 is 4.90 Å². The molecule has 0 amide bonds. The molecule has 2 atom stereocenters. The van der Waals surface area contributed by atoms with Crippen LogP contribution in [0.2, 0.25) is 0 Å². The monoisotopic (exact) mass is 285 g/mol. The van der Waals surface area contributed by atoms with Crippen molar-refractivity contribution >= 4 is 5.82 Å². The van der Waals surface area contributed by atoms with E-state index in [1.807, 2.05) is 13.8 Å². The normalized spacial score (nSPS) is 28.1. The molecule has 0 radical (unpaired) electrons. The zero-order valence-electron chi connectivity index (χ0n) is 12.4. The summed E-state index contributed by atoms with van der Waals surface area (Å²) in [6.45, 7) is 5.80. The summed E-state index contributed by atoms with van der Waals surface area (Å²) < 4.78 is 5.54. The lowest BCUT2D eigenvalue weighted by molar-refractivity contribution is 0.265. The number of hydrogen-bond acceptors (Lipinski definition) is 6. The largest absolute Gasteiger partial charge is 0.354 e. The van der Waals surface area contributed by atoms with E-state index in [1.54, 1.807) is 12.4 Å². The Kier molecular flexibility index (Phi) is 2.74. The lowest BCUT2D eigenvalue weighted by Crippen LogP contribution is -2.32. The van der Waals surface area contributed by atoms with Gasteiger partial charge in [-0.1, -0.05) is 11.6 Å². The van der Waals surface area contributed by atoms with E-state index in [4.69, 9.17) is 4.52 Å². The minimum Gasteiger partial charge on any atom is -0.354 e. The predicted octanol–water partition coefficient (Wildman–Crippen LogP) is 2.03. The molecule has 0 unspecified atom stereocenters. The lowest BCUT2D eigenvalue weighted by Gasteiger charge is -2.24. The molecule has 1 saturated carbocycles. The molecule has 2 aromatic heterocycles. The van der Waals surface area contributed by atoms with Crippen molar-refractivity contribution in [2.24, 2.45) is 5.92 Å². The fraction of sp³-hybridized carbons (Fsp3) is 0.600. The van der Waals surface area contributed by atoms with E-state index in [1.165, 1.54) is 12.8 Å². The van der Waals surface area contributed by atoms with E-state index < -0.39 is 0 Å². The molecule has 6 heteroatoms. The smallest absolute Gasteiger partial charge is 0.234 e. The van der Waals surface area contributed by atoms with Gasteiger partial charge in [0.05, 0.1) is 11.1 Å². The Labute approximate surface area is 123 Å². The third-order valence-corrected chi connectivity index (χ3v) is 4.98. The summed E-state index contributed by atoms with van der Waals surface area (Å²) in [5.74, 6) is 3.09. The average Bonchev–Trinajstić information content (AvgIpc) is 3.12. The molecule has 6 nitrogen and oxygen atoms in total. The van der Waals surface area contributed by atoms with Crippen molar-refractivity contribution in [1.82, 2.24) is 20.1 Å². The summed E-state index contributed by atoms with van der Waals surface area (Å²) in [5.41, 5.74) is 0.986. The molecule has 4 rings (SSSR count). The molecule has 1 aliphatic carbocycles. The number of rotatable bonds is 2. The summed E-state index contributed by atoms with van der Waals surface area (Å²) >= 11 is 0. The molecule has 0 aromatic carbocycles. The van der Waals surface area contributed by atoms with Gasteiger partial charge in [0.1, 0.15) is 5.82 Å². The SMILES string of the molecule is Cc1noc([C@]23CCC[C@H]2CN(c2nccnc2C)C3)n1. The van der Waals surface area contributed by atoms with E-state index in [9.17, 15) is 0 Å². The van der Waals surface area contributed by atoms with Crippen LogP contribution in [0.15, 0.2) is 16.9 Å². The van der Waals surface area contributed by atoms with Gasteiger partial charge < -0.3 is 9.42 Å². The van der Waals surface area contributed by atoms with Crippen molar-refractivity contribution in [3.05, 3.63) is 29.8 Å². The maximum Gasteiger partial charge on any atom is 0.234 e. The molecule has 110 valence electrons. The fourth-order valence-electron chi connectivity index (χ4n) is 4.01. The second-order valence-electron chi connectivity index (χ2n) is 6.24. The van der Waals surface area contributed by atoms with Crippen molar-refractivity contribution in [3.8, 4) is 0 Å². The van der Waals surface area contributed by atoms with Crippen LogP contribution in [0.5, 0.6) is 0 Å². The summed E-state index contributed by atoms with van der Waals surface area (Å²) in [6.07, 6.45) is 7.08. The van der Waals surface area contributed by atoms with Crippen molar-refractivity contribution in [2.45, 2.75) is 38.5 Å². The van der Waals surface area contributed by atoms with Gasteiger partial charge in [-0.25, -0.2) is 4.98 Å². The standard InChI is InChI=1S/C15H19N5O/c1-10-13(17-7-6-16-10)20-8-12-4-3-5-15(12,9-20)14-18-11(2)19-21-14/h6-7,12H,3-5,8-9H2,1-2H3/t12-,15-/m0/s1. The molecule has 2 fully saturated rings. The van der Waals surface area contributed by atoms with Crippen LogP contribution in [-0.4, -0.2) is 33.2 Å². The Morgan fingerprint density at radius 2 is 2.14 bits per heavy atom. The number of nitrogens with zero attached hydrogens (tertiary/aromatic N) is 5. The molecule has 1 aliphatic heterocycles. The second kappa shape index (κ2) is 4.51. The summed E-state index contributed by atoms with van der Waals surface area (Å²) in [7, 11) is 0. The van der Waals surface area contributed by atoms with Crippen molar-refractivity contribution in [3.63, 3.8) is 0 Å². The topological polar surface area (TPSA) is 67.9 Å². The number of hydrogen-bond donors (Lipinski definition) is 0. The van der Waals surface area contributed by atoms with E-state index in [-0.39, 0.29) is 5.41 Å². The van der Waals surface area contributed by atoms with Gasteiger partial charge in [-0.05, 0) is 32.6 Å². The molecule has 2 aromatic rings. The first-order valence-electron chi connectivity index (χ1n) is 7.52. The Bertz CT molecular complexity index is 670. The first kappa shape index (κ1) is 12.7. The molecule has 21 heavy (non-hydrogen) atoms. The minimum absolute atomic E-state index is 0.00518. The van der Waals surface area contributed by atoms with Crippen molar-refractivity contribution in [1.29, 1.82) is 0 Å². The summed E-state index contributed by atoms with van der Waals surface area (Å²) in [5, 5.41) is 4.00. The molecule has 3 heterocycles. The molecule has 0 bridgehead atoms. The predicted molar refractivity (Wildman–Crippen MR) is 77.0 cm³/mol. The number of anilines is 1. The quantitative estimate of drug-likeness (QED) is 0.841. The van der Waals surface area contributed by atoms with Gasteiger partial charge in [0.25, 0.3) is 0 Å². The summed E-state index contributed by atoms with van der Waals surface area (Å²) in [4.78, 5) is 15.8. The van der Waals surface area contributed by atoms with E-state index in [0.717, 1.165) is 42.7 Å². The van der Waals surface area contributed by atoms with Gasteiger partial charge in [-0.2, -0.15) is 4.98 Å². The zero-order chi connectivity index (χ0) is 14.4. The van der Waals surface area contributed by atoms with Gasteiger partial charge in [0.15, 0.2) is 5.82 Å². The molecule has 0 N–H and O–H groups in total. The first-order valence-corrected chi connectivity index (χ1v) is 7.52. The van der Waals surface area contributed by atoms with E-state index >= 15 is 0 Å². The maximum absolute atomic E-state index is 5.54. The lowest BCUT2D eigenvalue weighted by atomic mass is 9.80. The fourth-order valence-corrected chi connectivity index (χ4v) is 4.01. The Morgan fingerprint density at radius 1 is 1.29 bits per heavy atom. The van der Waals surface area contributed by atoms with Crippen LogP contribution in [0.4, 0.5) is 5.82 Å². The van der Waals surface area contributed by atoms with Crippen LogP contribution >= 0.6 is 0 Å². The van der Waals surface area contributed by atoms with E-state index in [0.29, 0.717) is 5.92 Å². The highest BCUT2D eigenvalue weighted by atomic mass is 16.5. The van der Waals surface area contributed by atoms with Gasteiger partial charge in [-0.3, -0.25) is 4.98 Å². The number of aryl methyl sites for hydroxylation is 2. The van der Waals surface area contributed by atoms with Crippen LogP contribution in [0.25, 0.3) is 0 Å². The maximum atomic E-state index is 5.54. The van der Waals surface area contributed by atoms with Crippen LogP contribution in [0, 0.1) is 19.8 Å². The molecular formula is C15H19N5O. The third-order valence-electron chi connectivity index (χ3n) is 4.98. The first-order chi connectivity index (χ1) is 10.2. The number of aromatic nitrogens is 4. The highest BCUT2D eigenvalue weighted by Crippen LogP contribution is 2.50. The molecule has 1 saturated heterocycles. The highest BCUT2D eigenvalue weighted by Gasteiger charge is 2.54. The van der Waals surface area contributed by atoms with Gasteiger partial charge >= 0.3 is 0 Å². The summed E-state index contributed by atoms with van der Waals surface area (Å²) in [6, 6.07) is 0. The third kappa shape index (κ3) is 1.85. The van der Waals surface area contributed by atoms with Crippen LogP contribution in [0.1, 0.15) is 36.7 Å². The highest BCUT2D eigenvalue weighted by molar-refractivity contribution is 5.46. The average molecular weight is 285 g/mol. The van der Waals surface area contributed by atoms with Gasteiger partial charge in [0, 0.05) is 25.5 Å². The van der Waals surface area contributed by atoms with Crippen molar-refractivity contribution < 1.29 is 4.52 Å². The van der Waals surface area contributed by atoms with E-state index in [2.05, 4.69) is 25.0 Å². The minimum atomic E-state index is 0.00518. The Hall–Kier alpha value is -1.98. The Balaban J connectivity index is 1.71. The van der Waals surface area contributed by atoms with Crippen molar-refractivity contribution in [2.75, 3.05) is 18.0 Å². The van der Waals surface area contributed by atoms with Gasteiger partial charge in [-0.15, -0.1) is 0 Å². The van der Waals surface area contributed by atoms with Crippen LogP contribution in [-0.2, 0) is 5.41 Å².